The Balaban J connectivity index is 1.41. The molecule has 1 atom stereocenters. The summed E-state index contributed by atoms with van der Waals surface area (Å²) in [6, 6.07) is 25.8. The summed E-state index contributed by atoms with van der Waals surface area (Å²) < 4.78 is 10.8. The molecule has 0 saturated carbocycles. The first-order valence-electron chi connectivity index (χ1n) is 14.5. The van der Waals surface area contributed by atoms with Crippen molar-refractivity contribution in [3.63, 3.8) is 0 Å². The van der Waals surface area contributed by atoms with E-state index in [9.17, 15) is 4.79 Å². The van der Waals surface area contributed by atoms with Gasteiger partial charge in [0.05, 0.1) is 26.0 Å². The Labute approximate surface area is 260 Å². The number of aromatic nitrogens is 2. The molecule has 0 fully saturated rings. The van der Waals surface area contributed by atoms with Gasteiger partial charge in [0.2, 0.25) is 0 Å². The lowest BCUT2D eigenvalue weighted by Gasteiger charge is -2.23. The highest BCUT2D eigenvalue weighted by Gasteiger charge is 2.20. The van der Waals surface area contributed by atoms with Gasteiger partial charge in [0.1, 0.15) is 5.82 Å². The molecule has 4 rings (SSSR count). The van der Waals surface area contributed by atoms with Gasteiger partial charge in [-0.3, -0.25) is 4.79 Å². The van der Waals surface area contributed by atoms with Crippen molar-refractivity contribution in [2.24, 2.45) is 0 Å². The Morgan fingerprint density at radius 2 is 1.58 bits per heavy atom. The van der Waals surface area contributed by atoms with Crippen molar-refractivity contribution in [3.05, 3.63) is 107 Å². The zero-order valence-electron chi connectivity index (χ0n) is 26.2. The number of methoxy groups -OCH3 is 2. The van der Waals surface area contributed by atoms with Crippen LogP contribution < -0.4 is 19.7 Å². The summed E-state index contributed by atoms with van der Waals surface area (Å²) in [6.45, 7) is 9.28. The highest BCUT2D eigenvalue weighted by Crippen LogP contribution is 2.30. The number of hydrogen-bond donors (Lipinski definition) is 1. The van der Waals surface area contributed by atoms with Gasteiger partial charge in [0.25, 0.3) is 5.91 Å². The Morgan fingerprint density at radius 1 is 0.907 bits per heavy atom. The average Bonchev–Trinajstić information content (AvgIpc) is 3.02. The number of likely N-dealkylation sites (N-methyl/N-ethyl adjacent to an activating group) is 1. The summed E-state index contributed by atoms with van der Waals surface area (Å²) >= 11 is 1.60. The molecule has 0 aliphatic rings. The number of thioether (sulfide) groups is 1. The fourth-order valence-electron chi connectivity index (χ4n) is 4.51. The standard InChI is InChI=1S/C35H42N4O3S/c1-24(27-11-9-8-10-12-27)36-33(40)28-16-13-26(14-17-28)23-43-34-37-31(35(2,3)4)22-32(38-34)39(5)20-19-25-15-18-29(41-6)30(21-25)42-7/h8-18,21-22,24H,19-20,23H2,1-7H3,(H,36,40). The van der Waals surface area contributed by atoms with E-state index in [2.05, 4.69) is 50.2 Å². The number of benzene rings is 3. The Hall–Kier alpha value is -4.04. The predicted octanol–water partition coefficient (Wildman–Crippen LogP) is 7.25. The van der Waals surface area contributed by atoms with Crippen LogP contribution in [-0.2, 0) is 17.6 Å². The van der Waals surface area contributed by atoms with Gasteiger partial charge in [-0.25, -0.2) is 9.97 Å². The third-order valence-electron chi connectivity index (χ3n) is 7.27. The lowest BCUT2D eigenvalue weighted by molar-refractivity contribution is 0.0940. The van der Waals surface area contributed by atoms with Crippen molar-refractivity contribution in [2.45, 2.75) is 56.5 Å². The van der Waals surface area contributed by atoms with E-state index in [1.54, 1.807) is 26.0 Å². The van der Waals surface area contributed by atoms with E-state index in [1.165, 1.54) is 0 Å². The quantitative estimate of drug-likeness (QED) is 0.136. The minimum absolute atomic E-state index is 0.0671. The molecule has 0 radical (unpaired) electrons. The molecule has 1 N–H and O–H groups in total. The van der Waals surface area contributed by atoms with Gasteiger partial charge in [0, 0.05) is 36.4 Å². The second-order valence-electron chi connectivity index (χ2n) is 11.6. The lowest BCUT2D eigenvalue weighted by Crippen LogP contribution is -2.26. The van der Waals surface area contributed by atoms with Crippen LogP contribution in [0.15, 0.2) is 84.0 Å². The number of amides is 1. The van der Waals surface area contributed by atoms with Crippen LogP contribution in [0.5, 0.6) is 11.5 Å². The predicted molar refractivity (Wildman–Crippen MR) is 176 cm³/mol. The van der Waals surface area contributed by atoms with Crippen molar-refractivity contribution in [1.29, 1.82) is 0 Å². The molecule has 0 saturated heterocycles. The number of nitrogens with zero attached hydrogens (tertiary/aromatic N) is 3. The van der Waals surface area contributed by atoms with E-state index in [0.717, 1.165) is 57.8 Å². The normalized spacial score (nSPS) is 12.0. The van der Waals surface area contributed by atoms with E-state index in [-0.39, 0.29) is 17.4 Å². The van der Waals surface area contributed by atoms with Gasteiger partial charge in [-0.05, 0) is 54.3 Å². The van der Waals surface area contributed by atoms with Crippen molar-refractivity contribution in [2.75, 3.05) is 32.7 Å². The SMILES string of the molecule is COc1ccc(CCN(C)c2cc(C(C)(C)C)nc(SCc3ccc(C(=O)NC(C)c4ccccc4)cc3)n2)cc1OC. The largest absolute Gasteiger partial charge is 0.493 e. The maximum atomic E-state index is 12.8. The van der Waals surface area contributed by atoms with E-state index >= 15 is 0 Å². The minimum Gasteiger partial charge on any atom is -0.493 e. The van der Waals surface area contributed by atoms with Gasteiger partial charge in [-0.15, -0.1) is 0 Å². The van der Waals surface area contributed by atoms with Crippen LogP contribution in [0.2, 0.25) is 0 Å². The smallest absolute Gasteiger partial charge is 0.251 e. The molecular formula is C35H42N4O3S. The van der Waals surface area contributed by atoms with Crippen LogP contribution in [0.4, 0.5) is 5.82 Å². The summed E-state index contributed by atoms with van der Waals surface area (Å²) in [5.74, 6) is 2.96. The highest BCUT2D eigenvalue weighted by atomic mass is 32.2. The third-order valence-corrected chi connectivity index (χ3v) is 8.19. The van der Waals surface area contributed by atoms with Crippen LogP contribution in [-0.4, -0.2) is 43.7 Å². The van der Waals surface area contributed by atoms with Crippen molar-refractivity contribution >= 4 is 23.5 Å². The van der Waals surface area contributed by atoms with E-state index in [4.69, 9.17) is 19.4 Å². The fraction of sp³-hybridized carbons (Fsp3) is 0.343. The van der Waals surface area contributed by atoms with Crippen LogP contribution in [0.3, 0.4) is 0 Å². The van der Waals surface area contributed by atoms with E-state index < -0.39 is 0 Å². The first-order chi connectivity index (χ1) is 20.6. The Kier molecular flexibility index (Phi) is 10.7. The fourth-order valence-corrected chi connectivity index (χ4v) is 5.32. The molecule has 4 aromatic rings. The maximum Gasteiger partial charge on any atom is 0.251 e. The third kappa shape index (κ3) is 8.74. The van der Waals surface area contributed by atoms with Crippen LogP contribution in [0.25, 0.3) is 0 Å². The first kappa shape index (κ1) is 31.9. The number of rotatable bonds is 12. The molecule has 7 nitrogen and oxygen atoms in total. The molecule has 0 aliphatic carbocycles. The molecular weight excluding hydrogens is 556 g/mol. The number of anilines is 1. The van der Waals surface area contributed by atoms with Crippen LogP contribution in [0.1, 0.15) is 66.5 Å². The minimum atomic E-state index is -0.122. The van der Waals surface area contributed by atoms with Gasteiger partial charge < -0.3 is 19.7 Å². The summed E-state index contributed by atoms with van der Waals surface area (Å²) in [7, 11) is 5.36. The molecule has 0 spiro atoms. The van der Waals surface area contributed by atoms with Gasteiger partial charge in [0.15, 0.2) is 16.7 Å². The number of carbonyl (C=O) groups excluding carboxylic acids is 1. The molecule has 43 heavy (non-hydrogen) atoms. The summed E-state index contributed by atoms with van der Waals surface area (Å²) in [6.07, 6.45) is 0.832. The molecule has 8 heteroatoms. The molecule has 1 amide bonds. The van der Waals surface area contributed by atoms with Crippen molar-refractivity contribution < 1.29 is 14.3 Å². The van der Waals surface area contributed by atoms with Crippen molar-refractivity contribution in [3.8, 4) is 11.5 Å². The zero-order valence-corrected chi connectivity index (χ0v) is 27.0. The number of nitrogens with one attached hydrogen (secondary N) is 1. The van der Waals surface area contributed by atoms with Gasteiger partial charge in [-0.1, -0.05) is 81.1 Å². The monoisotopic (exact) mass is 598 g/mol. The second-order valence-corrected chi connectivity index (χ2v) is 12.5. The Bertz CT molecular complexity index is 1500. The van der Waals surface area contributed by atoms with Crippen molar-refractivity contribution in [1.82, 2.24) is 15.3 Å². The number of carbonyl (C=O) groups is 1. The highest BCUT2D eigenvalue weighted by molar-refractivity contribution is 7.98. The molecule has 0 bridgehead atoms. The summed E-state index contributed by atoms with van der Waals surface area (Å²) in [5.41, 5.74) is 4.86. The van der Waals surface area contributed by atoms with E-state index in [1.807, 2.05) is 73.7 Å². The van der Waals surface area contributed by atoms with Crippen LogP contribution >= 0.6 is 11.8 Å². The number of ether oxygens (including phenoxy) is 2. The molecule has 0 aliphatic heterocycles. The lowest BCUT2D eigenvalue weighted by atomic mass is 9.92. The summed E-state index contributed by atoms with van der Waals surface area (Å²) in [4.78, 5) is 24.8. The average molecular weight is 599 g/mol. The van der Waals surface area contributed by atoms with Crippen LogP contribution in [0, 0.1) is 0 Å². The van der Waals surface area contributed by atoms with E-state index in [0.29, 0.717) is 11.3 Å². The maximum absolute atomic E-state index is 12.8. The van der Waals surface area contributed by atoms with Gasteiger partial charge >= 0.3 is 0 Å². The van der Waals surface area contributed by atoms with Gasteiger partial charge in [-0.2, -0.15) is 0 Å². The Morgan fingerprint density at radius 3 is 2.23 bits per heavy atom. The molecule has 1 heterocycles. The summed E-state index contributed by atoms with van der Waals surface area (Å²) in [5, 5.41) is 3.81. The second kappa shape index (κ2) is 14.4. The first-order valence-corrected chi connectivity index (χ1v) is 15.4. The zero-order chi connectivity index (χ0) is 31.0. The molecule has 3 aromatic carbocycles. The molecule has 1 aromatic heterocycles. The number of hydrogen-bond acceptors (Lipinski definition) is 7. The molecule has 226 valence electrons. The topological polar surface area (TPSA) is 76.6 Å². The molecule has 1 unspecified atom stereocenters.